The molecule has 1 aromatic rings. The molecule has 0 saturated carbocycles. The van der Waals surface area contributed by atoms with E-state index in [1.165, 1.54) is 0 Å². The Balaban J connectivity index is 1.82. The number of aliphatic hydroxyl groups is 1. The Morgan fingerprint density at radius 3 is 2.83 bits per heavy atom. The van der Waals surface area contributed by atoms with Gasteiger partial charge in [0.05, 0.1) is 0 Å². The third-order valence-corrected chi connectivity index (χ3v) is 3.53. The molecule has 1 fully saturated rings. The summed E-state index contributed by atoms with van der Waals surface area (Å²) in [6.07, 6.45) is 4.92. The molecule has 1 aliphatic heterocycles. The second-order valence-corrected chi connectivity index (χ2v) is 4.81. The quantitative estimate of drug-likeness (QED) is 0.636. The minimum atomic E-state index is 0.249. The van der Waals surface area contributed by atoms with Crippen molar-refractivity contribution in [3.05, 3.63) is 5.82 Å². The third-order valence-electron chi connectivity index (χ3n) is 3.53. The molecular weight excluding hydrogens is 230 g/mol. The van der Waals surface area contributed by atoms with Crippen molar-refractivity contribution in [2.45, 2.75) is 38.1 Å². The molecule has 18 heavy (non-hydrogen) atoms. The second kappa shape index (κ2) is 6.70. The van der Waals surface area contributed by atoms with Gasteiger partial charge in [0.1, 0.15) is 5.82 Å². The molecule has 1 aromatic heterocycles. The van der Waals surface area contributed by atoms with E-state index in [1.807, 2.05) is 7.05 Å². The third kappa shape index (κ3) is 3.43. The van der Waals surface area contributed by atoms with Crippen LogP contribution in [-0.2, 0) is 6.42 Å². The Morgan fingerprint density at radius 2 is 2.17 bits per heavy atom. The van der Waals surface area contributed by atoms with E-state index in [-0.39, 0.29) is 6.61 Å². The average Bonchev–Trinajstić information content (AvgIpc) is 2.88. The van der Waals surface area contributed by atoms with Crippen LogP contribution in [0.3, 0.4) is 0 Å². The number of hydrogen-bond donors (Lipinski definition) is 3. The number of anilines is 1. The second-order valence-electron chi connectivity index (χ2n) is 4.81. The maximum absolute atomic E-state index is 8.74. The molecule has 2 rings (SSSR count). The highest BCUT2D eigenvalue weighted by Gasteiger charge is 2.20. The van der Waals surface area contributed by atoms with Crippen molar-refractivity contribution in [3.8, 4) is 0 Å². The smallest absolute Gasteiger partial charge is 0.244 e. The van der Waals surface area contributed by atoms with E-state index in [0.717, 1.165) is 57.0 Å². The van der Waals surface area contributed by atoms with Gasteiger partial charge in [0, 0.05) is 32.2 Å². The lowest BCUT2D eigenvalue weighted by molar-refractivity contribution is 0.284. The molecule has 2 heterocycles. The lowest BCUT2D eigenvalue weighted by Crippen LogP contribution is -2.41. The number of unbranched alkanes of at least 4 members (excludes halogenated alkanes) is 1. The molecule has 6 nitrogen and oxygen atoms in total. The van der Waals surface area contributed by atoms with Crippen LogP contribution < -0.4 is 10.2 Å². The SMILES string of the molecule is CNC1CCN(c2n[nH]c(CCCCO)n2)CC1. The summed E-state index contributed by atoms with van der Waals surface area (Å²) >= 11 is 0. The Bertz CT molecular complexity index is 346. The van der Waals surface area contributed by atoms with Crippen molar-refractivity contribution < 1.29 is 5.11 Å². The lowest BCUT2D eigenvalue weighted by atomic mass is 10.1. The topological polar surface area (TPSA) is 77.1 Å². The summed E-state index contributed by atoms with van der Waals surface area (Å²) in [5.41, 5.74) is 0. The highest BCUT2D eigenvalue weighted by Crippen LogP contribution is 2.16. The van der Waals surface area contributed by atoms with Crippen molar-refractivity contribution in [1.82, 2.24) is 20.5 Å². The number of nitrogens with one attached hydrogen (secondary N) is 2. The lowest BCUT2D eigenvalue weighted by Gasteiger charge is -2.30. The number of aliphatic hydroxyl groups excluding tert-OH is 1. The number of hydrogen-bond acceptors (Lipinski definition) is 5. The summed E-state index contributed by atoms with van der Waals surface area (Å²) in [6, 6.07) is 0.629. The Labute approximate surface area is 108 Å². The van der Waals surface area contributed by atoms with Gasteiger partial charge < -0.3 is 15.3 Å². The normalized spacial score (nSPS) is 17.3. The zero-order chi connectivity index (χ0) is 12.8. The molecule has 102 valence electrons. The van der Waals surface area contributed by atoms with Crippen LogP contribution >= 0.6 is 0 Å². The zero-order valence-electron chi connectivity index (χ0n) is 11.0. The number of piperidine rings is 1. The van der Waals surface area contributed by atoms with Gasteiger partial charge in [-0.15, -0.1) is 5.10 Å². The predicted molar refractivity (Wildman–Crippen MR) is 70.7 cm³/mol. The van der Waals surface area contributed by atoms with Gasteiger partial charge in [-0.2, -0.15) is 4.98 Å². The molecule has 1 saturated heterocycles. The fourth-order valence-electron chi connectivity index (χ4n) is 2.31. The number of aryl methyl sites for hydroxylation is 1. The van der Waals surface area contributed by atoms with Crippen LogP contribution in [0, 0.1) is 0 Å². The number of H-pyrrole nitrogens is 1. The number of rotatable bonds is 6. The predicted octanol–water partition coefficient (Wildman–Crippen LogP) is 0.308. The molecule has 0 bridgehead atoms. The van der Waals surface area contributed by atoms with E-state index in [0.29, 0.717) is 6.04 Å². The van der Waals surface area contributed by atoms with E-state index in [2.05, 4.69) is 25.4 Å². The van der Waals surface area contributed by atoms with Crippen molar-refractivity contribution in [3.63, 3.8) is 0 Å². The number of aromatic nitrogens is 3. The molecular formula is C12H23N5O. The van der Waals surface area contributed by atoms with Gasteiger partial charge in [0.15, 0.2) is 0 Å². The summed E-state index contributed by atoms with van der Waals surface area (Å²) in [5, 5.41) is 19.3. The minimum absolute atomic E-state index is 0.249. The largest absolute Gasteiger partial charge is 0.396 e. The first kappa shape index (κ1) is 13.3. The van der Waals surface area contributed by atoms with E-state index in [9.17, 15) is 0 Å². The monoisotopic (exact) mass is 253 g/mol. The molecule has 0 radical (unpaired) electrons. The van der Waals surface area contributed by atoms with Gasteiger partial charge >= 0.3 is 0 Å². The van der Waals surface area contributed by atoms with Crippen LogP contribution in [0.1, 0.15) is 31.5 Å². The van der Waals surface area contributed by atoms with E-state index in [1.54, 1.807) is 0 Å². The van der Waals surface area contributed by atoms with Gasteiger partial charge in [-0.25, -0.2) is 0 Å². The highest BCUT2D eigenvalue weighted by atomic mass is 16.2. The van der Waals surface area contributed by atoms with E-state index < -0.39 is 0 Å². The van der Waals surface area contributed by atoms with Gasteiger partial charge in [0.2, 0.25) is 5.95 Å². The van der Waals surface area contributed by atoms with Crippen LogP contribution in [0.15, 0.2) is 0 Å². The summed E-state index contributed by atoms with van der Waals surface area (Å²) in [4.78, 5) is 6.75. The number of nitrogens with zero attached hydrogens (tertiary/aromatic N) is 3. The zero-order valence-corrected chi connectivity index (χ0v) is 11.0. The van der Waals surface area contributed by atoms with E-state index >= 15 is 0 Å². The summed E-state index contributed by atoms with van der Waals surface area (Å²) in [7, 11) is 2.02. The average molecular weight is 253 g/mol. The van der Waals surface area contributed by atoms with Gasteiger partial charge in [-0.3, -0.25) is 5.10 Å². The summed E-state index contributed by atoms with van der Waals surface area (Å²) < 4.78 is 0. The number of aromatic amines is 1. The minimum Gasteiger partial charge on any atom is -0.396 e. The molecule has 0 aromatic carbocycles. The van der Waals surface area contributed by atoms with Crippen molar-refractivity contribution in [2.75, 3.05) is 31.6 Å². The van der Waals surface area contributed by atoms with Gasteiger partial charge in [0.25, 0.3) is 0 Å². The van der Waals surface area contributed by atoms with Crippen molar-refractivity contribution >= 4 is 5.95 Å². The first-order chi connectivity index (χ1) is 8.83. The van der Waals surface area contributed by atoms with Gasteiger partial charge in [-0.1, -0.05) is 0 Å². The Morgan fingerprint density at radius 1 is 1.39 bits per heavy atom. The maximum Gasteiger partial charge on any atom is 0.244 e. The maximum atomic E-state index is 8.74. The fraction of sp³-hybridized carbons (Fsp3) is 0.833. The molecule has 0 unspecified atom stereocenters. The van der Waals surface area contributed by atoms with Gasteiger partial charge in [-0.05, 0) is 32.7 Å². The van der Waals surface area contributed by atoms with Crippen LogP contribution in [0.25, 0.3) is 0 Å². The molecule has 6 heteroatoms. The molecule has 0 atom stereocenters. The molecule has 1 aliphatic rings. The van der Waals surface area contributed by atoms with Crippen molar-refractivity contribution in [2.24, 2.45) is 0 Å². The summed E-state index contributed by atoms with van der Waals surface area (Å²) in [6.45, 7) is 2.28. The summed E-state index contributed by atoms with van der Waals surface area (Å²) in [5.74, 6) is 1.75. The Kier molecular flexibility index (Phi) is 4.95. The highest BCUT2D eigenvalue weighted by molar-refractivity contribution is 5.29. The van der Waals surface area contributed by atoms with E-state index in [4.69, 9.17) is 5.11 Å². The first-order valence-electron chi connectivity index (χ1n) is 6.78. The van der Waals surface area contributed by atoms with Crippen molar-refractivity contribution in [1.29, 1.82) is 0 Å². The van der Waals surface area contributed by atoms with Crippen LogP contribution in [0.2, 0.25) is 0 Å². The first-order valence-corrected chi connectivity index (χ1v) is 6.78. The Hall–Kier alpha value is -1.14. The van der Waals surface area contributed by atoms with Crippen LogP contribution in [0.5, 0.6) is 0 Å². The molecule has 0 spiro atoms. The standard InChI is InChI=1S/C12H23N5O/c1-13-10-5-7-17(8-6-10)12-14-11(15-16-12)4-2-3-9-18/h10,13,18H,2-9H2,1H3,(H,14,15,16). The molecule has 0 amide bonds. The fourth-order valence-corrected chi connectivity index (χ4v) is 2.31. The molecule has 3 N–H and O–H groups in total. The van der Waals surface area contributed by atoms with Crippen LogP contribution in [-0.4, -0.2) is 53.1 Å². The van der Waals surface area contributed by atoms with Crippen LogP contribution in [0.4, 0.5) is 5.95 Å². The molecule has 0 aliphatic carbocycles.